The first-order valence-electron chi connectivity index (χ1n) is 10.9. The second kappa shape index (κ2) is 9.40. The topological polar surface area (TPSA) is 39.7 Å². The predicted molar refractivity (Wildman–Crippen MR) is 117 cm³/mol. The highest BCUT2D eigenvalue weighted by molar-refractivity contribution is 5.78. The van der Waals surface area contributed by atoms with Gasteiger partial charge < -0.3 is 9.80 Å². The van der Waals surface area contributed by atoms with E-state index < -0.39 is 0 Å². The molecule has 5 heteroatoms. The minimum Gasteiger partial charge on any atom is -0.369 e. The van der Waals surface area contributed by atoms with Crippen molar-refractivity contribution in [2.75, 3.05) is 50.7 Å². The molecular formula is C24H32N4O. The molecule has 0 bridgehead atoms. The molecule has 0 aliphatic carbocycles. The zero-order valence-corrected chi connectivity index (χ0v) is 17.5. The van der Waals surface area contributed by atoms with Crippen LogP contribution in [0.15, 0.2) is 48.8 Å². The van der Waals surface area contributed by atoms with Crippen molar-refractivity contribution < 1.29 is 4.79 Å². The second-order valence-corrected chi connectivity index (χ2v) is 8.34. The molecule has 1 amide bonds. The fraction of sp³-hybridized carbons (Fsp3) is 0.500. The van der Waals surface area contributed by atoms with Gasteiger partial charge in [0.15, 0.2) is 0 Å². The van der Waals surface area contributed by atoms with Crippen molar-refractivity contribution in [3.05, 3.63) is 59.9 Å². The Kier molecular flexibility index (Phi) is 6.45. The van der Waals surface area contributed by atoms with Gasteiger partial charge in [-0.1, -0.05) is 30.3 Å². The number of hydrogen-bond donors (Lipinski definition) is 0. The highest BCUT2D eigenvalue weighted by Gasteiger charge is 2.25. The summed E-state index contributed by atoms with van der Waals surface area (Å²) in [6.07, 6.45) is 7.08. The lowest BCUT2D eigenvalue weighted by atomic mass is 9.89. The second-order valence-electron chi connectivity index (χ2n) is 8.34. The summed E-state index contributed by atoms with van der Waals surface area (Å²) in [5, 5.41) is 0. The van der Waals surface area contributed by atoms with E-state index in [4.69, 9.17) is 0 Å². The van der Waals surface area contributed by atoms with E-state index in [1.807, 2.05) is 12.4 Å². The first kappa shape index (κ1) is 19.9. The Morgan fingerprint density at radius 1 is 1.00 bits per heavy atom. The summed E-state index contributed by atoms with van der Waals surface area (Å²) in [6, 6.07) is 12.9. The fourth-order valence-electron chi connectivity index (χ4n) is 4.67. The number of nitrogens with zero attached hydrogens (tertiary/aromatic N) is 4. The van der Waals surface area contributed by atoms with Gasteiger partial charge in [0.2, 0.25) is 5.91 Å². The van der Waals surface area contributed by atoms with Gasteiger partial charge in [-0.3, -0.25) is 14.7 Å². The normalized spacial score (nSPS) is 19.2. The summed E-state index contributed by atoms with van der Waals surface area (Å²) in [5.41, 5.74) is 3.89. The van der Waals surface area contributed by atoms with Gasteiger partial charge in [0, 0.05) is 44.3 Å². The zero-order chi connectivity index (χ0) is 20.1. The molecule has 0 atom stereocenters. The molecule has 2 aliphatic heterocycles. The molecule has 2 aromatic rings. The van der Waals surface area contributed by atoms with Gasteiger partial charge in [-0.25, -0.2) is 0 Å². The molecule has 0 saturated carbocycles. The lowest BCUT2D eigenvalue weighted by Crippen LogP contribution is -2.44. The van der Waals surface area contributed by atoms with E-state index in [2.05, 4.69) is 63.0 Å². The fourth-order valence-corrected chi connectivity index (χ4v) is 4.67. The third-order valence-corrected chi connectivity index (χ3v) is 6.40. The highest BCUT2D eigenvalue weighted by Crippen LogP contribution is 2.27. The van der Waals surface area contributed by atoms with Gasteiger partial charge in [0.05, 0.1) is 6.54 Å². The Morgan fingerprint density at radius 2 is 1.79 bits per heavy atom. The average Bonchev–Trinajstić information content (AvgIpc) is 3.02. The van der Waals surface area contributed by atoms with Crippen molar-refractivity contribution in [1.82, 2.24) is 14.8 Å². The maximum absolute atomic E-state index is 12.9. The van der Waals surface area contributed by atoms with Gasteiger partial charge in [-0.15, -0.1) is 0 Å². The summed E-state index contributed by atoms with van der Waals surface area (Å²) < 4.78 is 0. The Morgan fingerprint density at radius 3 is 2.55 bits per heavy atom. The Labute approximate surface area is 174 Å². The lowest BCUT2D eigenvalue weighted by Gasteiger charge is -2.33. The Bertz CT molecular complexity index is 802. The van der Waals surface area contributed by atoms with E-state index in [1.54, 1.807) is 0 Å². The number of carbonyl (C=O) groups excluding carboxylic acids is 1. The first-order chi connectivity index (χ1) is 14.2. The standard InChI is InChI=1S/C24H32N4O/c1-20-18-25-11-8-23(20)27-12-5-13-28(17-16-27)24(29)19-26-14-9-22(10-15-26)21-6-3-2-4-7-21/h2-4,6-8,11,18,22H,5,9-10,12-17,19H2,1H3. The van der Waals surface area contributed by atoms with Crippen molar-refractivity contribution in [1.29, 1.82) is 0 Å². The number of hydrogen-bond acceptors (Lipinski definition) is 4. The summed E-state index contributed by atoms with van der Waals surface area (Å²) in [7, 11) is 0. The van der Waals surface area contributed by atoms with Crippen LogP contribution in [0.3, 0.4) is 0 Å². The van der Waals surface area contributed by atoms with Crippen LogP contribution in [-0.2, 0) is 4.79 Å². The number of piperidine rings is 1. The maximum atomic E-state index is 12.9. The predicted octanol–water partition coefficient (Wildman–Crippen LogP) is 3.31. The van der Waals surface area contributed by atoms with E-state index in [0.29, 0.717) is 12.5 Å². The van der Waals surface area contributed by atoms with E-state index in [9.17, 15) is 4.79 Å². The van der Waals surface area contributed by atoms with Crippen LogP contribution in [0, 0.1) is 6.92 Å². The summed E-state index contributed by atoms with van der Waals surface area (Å²) >= 11 is 0. The number of likely N-dealkylation sites (tertiary alicyclic amines) is 1. The van der Waals surface area contributed by atoms with E-state index in [-0.39, 0.29) is 5.91 Å². The number of amides is 1. The molecule has 1 aromatic heterocycles. The molecule has 2 saturated heterocycles. The zero-order valence-electron chi connectivity index (χ0n) is 17.5. The minimum atomic E-state index is 0.288. The quantitative estimate of drug-likeness (QED) is 0.800. The molecule has 154 valence electrons. The van der Waals surface area contributed by atoms with Crippen molar-refractivity contribution in [3.63, 3.8) is 0 Å². The van der Waals surface area contributed by atoms with Crippen molar-refractivity contribution in [2.24, 2.45) is 0 Å². The van der Waals surface area contributed by atoms with Crippen LogP contribution >= 0.6 is 0 Å². The molecule has 2 aliphatic rings. The molecule has 3 heterocycles. The SMILES string of the molecule is Cc1cnccc1N1CCCN(C(=O)CN2CCC(c3ccccc3)CC2)CC1. The Hall–Kier alpha value is -2.40. The van der Waals surface area contributed by atoms with Crippen LogP contribution in [0.2, 0.25) is 0 Å². The molecule has 0 unspecified atom stereocenters. The summed E-state index contributed by atoms with van der Waals surface area (Å²) in [5.74, 6) is 0.925. The summed E-state index contributed by atoms with van der Waals surface area (Å²) in [6.45, 7) is 8.26. The van der Waals surface area contributed by atoms with Crippen LogP contribution in [-0.4, -0.2) is 66.5 Å². The van der Waals surface area contributed by atoms with Crippen LogP contribution < -0.4 is 4.90 Å². The van der Waals surface area contributed by atoms with Gasteiger partial charge in [-0.05, 0) is 62.4 Å². The van der Waals surface area contributed by atoms with Crippen molar-refractivity contribution in [2.45, 2.75) is 32.1 Å². The van der Waals surface area contributed by atoms with Gasteiger partial charge >= 0.3 is 0 Å². The molecule has 1 aromatic carbocycles. The number of carbonyl (C=O) groups is 1. The maximum Gasteiger partial charge on any atom is 0.236 e. The number of aromatic nitrogens is 1. The minimum absolute atomic E-state index is 0.288. The van der Waals surface area contributed by atoms with Crippen LogP contribution in [0.1, 0.15) is 36.3 Å². The first-order valence-corrected chi connectivity index (χ1v) is 10.9. The number of pyridine rings is 1. The summed E-state index contributed by atoms with van der Waals surface area (Å²) in [4.78, 5) is 23.9. The van der Waals surface area contributed by atoms with Gasteiger partial charge in [-0.2, -0.15) is 0 Å². The van der Waals surface area contributed by atoms with Gasteiger partial charge in [0.25, 0.3) is 0 Å². The number of aryl methyl sites for hydroxylation is 1. The lowest BCUT2D eigenvalue weighted by molar-refractivity contribution is -0.132. The molecular weight excluding hydrogens is 360 g/mol. The van der Waals surface area contributed by atoms with Crippen LogP contribution in [0.4, 0.5) is 5.69 Å². The van der Waals surface area contributed by atoms with E-state index in [1.165, 1.54) is 16.8 Å². The molecule has 4 rings (SSSR count). The largest absolute Gasteiger partial charge is 0.369 e. The average molecular weight is 393 g/mol. The van der Waals surface area contributed by atoms with Crippen LogP contribution in [0.5, 0.6) is 0 Å². The molecule has 0 spiro atoms. The highest BCUT2D eigenvalue weighted by atomic mass is 16.2. The monoisotopic (exact) mass is 392 g/mol. The third kappa shape index (κ3) is 4.96. The molecule has 0 N–H and O–H groups in total. The smallest absolute Gasteiger partial charge is 0.236 e. The van der Waals surface area contributed by atoms with Crippen molar-refractivity contribution in [3.8, 4) is 0 Å². The molecule has 0 radical (unpaired) electrons. The number of benzene rings is 1. The Balaban J connectivity index is 1.27. The van der Waals surface area contributed by atoms with E-state index >= 15 is 0 Å². The molecule has 5 nitrogen and oxygen atoms in total. The third-order valence-electron chi connectivity index (χ3n) is 6.40. The number of anilines is 1. The number of rotatable bonds is 4. The molecule has 29 heavy (non-hydrogen) atoms. The molecule has 2 fully saturated rings. The van der Waals surface area contributed by atoms with Gasteiger partial charge in [0.1, 0.15) is 0 Å². The van der Waals surface area contributed by atoms with Crippen LogP contribution in [0.25, 0.3) is 0 Å². The van der Waals surface area contributed by atoms with Crippen molar-refractivity contribution >= 4 is 11.6 Å². The van der Waals surface area contributed by atoms with E-state index in [0.717, 1.165) is 58.5 Å².